The van der Waals surface area contributed by atoms with Gasteiger partial charge >= 0.3 is 11.8 Å². The topological polar surface area (TPSA) is 783 Å². The number of nitrogens with zero attached hydrogens (tertiary/aromatic N) is 8. The van der Waals surface area contributed by atoms with Crippen LogP contribution in [0.15, 0.2) is 100 Å². The Morgan fingerprint density at radius 2 is 1.37 bits per heavy atom. The molecule has 9 unspecified atom stereocenters. The summed E-state index contributed by atoms with van der Waals surface area (Å²) in [6, 6.07) is 0.397. The van der Waals surface area contributed by atoms with Crippen LogP contribution >= 0.6 is 0 Å². The van der Waals surface area contributed by atoms with E-state index in [1.165, 1.54) is 83.5 Å². The van der Waals surface area contributed by atoms with Gasteiger partial charge in [-0.25, -0.2) is 20.8 Å². The monoisotopic (exact) mass is 1850 g/mol. The number of anilines is 1. The van der Waals surface area contributed by atoms with Crippen LogP contribution in [0, 0.1) is 29.6 Å². The van der Waals surface area contributed by atoms with E-state index in [1.54, 1.807) is 57.0 Å². The number of carbonyl (C=O) groups is 6. The molecule has 1 aliphatic carbocycles. The van der Waals surface area contributed by atoms with Gasteiger partial charge in [0.15, 0.2) is 30.2 Å². The molecule has 47 nitrogen and oxygen atoms in total. The van der Waals surface area contributed by atoms with Crippen molar-refractivity contribution in [3.05, 3.63) is 108 Å². The van der Waals surface area contributed by atoms with Crippen LogP contribution in [-0.4, -0.2) is 356 Å². The summed E-state index contributed by atoms with van der Waals surface area (Å²) in [4.78, 5) is 94.2. The minimum Gasteiger partial charge on any atom is -0.507 e. The number of esters is 1. The molecule has 1 saturated carbocycles. The third-order valence-electron chi connectivity index (χ3n) is 23.5. The van der Waals surface area contributed by atoms with Crippen molar-refractivity contribution in [3.8, 4) is 23.0 Å². The Kier molecular flexibility index (Phi) is 41.6. The van der Waals surface area contributed by atoms with E-state index in [2.05, 4.69) is 50.9 Å². The first-order chi connectivity index (χ1) is 61.7. The predicted octanol–water partition coefficient (Wildman–Crippen LogP) is -5.44. The van der Waals surface area contributed by atoms with Gasteiger partial charge in [-0.05, 0) is 58.4 Å². The van der Waals surface area contributed by atoms with Gasteiger partial charge in [-0.1, -0.05) is 59.8 Å². The number of aromatic hydroxyl groups is 3. The zero-order chi connectivity index (χ0) is 98.0. The Morgan fingerprint density at radius 1 is 0.763 bits per heavy atom. The highest BCUT2D eigenvalue weighted by Crippen LogP contribution is 2.54. The molecule has 7 aliphatic rings. The number of methoxy groups -OCH3 is 1. The summed E-state index contributed by atoms with van der Waals surface area (Å²) in [7, 11) is 3.42. The van der Waals surface area contributed by atoms with E-state index in [0.29, 0.717) is 18.7 Å². The molecule has 0 radical (unpaired) electrons. The fraction of sp³-hybridized carbons (Fsp3) is 0.595. The number of nitrogen functional groups attached to an aromatic ring is 1. The number of piperazine rings is 1. The Hall–Kier alpha value is -10.5. The highest BCUT2D eigenvalue weighted by Gasteiger charge is 2.66. The fourth-order valence-corrected chi connectivity index (χ4v) is 15.4. The van der Waals surface area contributed by atoms with E-state index < -0.39 is 210 Å². The molecule has 33 N–H and O–H groups in total. The zero-order valence-electron chi connectivity index (χ0n) is 75.1. The molecule has 8 heterocycles. The number of ether oxygens (including phenoxy) is 7. The first kappa shape index (κ1) is 109. The SMILES string of the molecule is CCC(CO)NCCNC(CC)CO.CO[C@@H]1/C=C/O[C@@]2(C)Oc3cc(O)c4c(O)c(c(C=NN5CCN(C)CC5)c(O)c4c3C2=O)NC(=O)/C(C)=C\C=C\[C@H](C)[C@H](O)[C@@H](C)[C@@H](O)[C@@H](C)[C@H](OC(C)=O)[C@H]1C.C[C@]1(O)O[C@@H](C[C@@H]2C(N=C(N)N)[C@H](O)C(N=C(N)N)C(O)[C@H]2O)C(OC2O[C@H](CO)C(O)[C@@H](O)C2N)[C@@]1(O)C=O.NC(=O)c1cnccn1.NNC(=O)c1ccncc1. The number of nitrogens with one attached hydrogen (secondary N) is 4. The first-order valence-electron chi connectivity index (χ1n) is 42.3. The normalized spacial score (nSPS) is 32.3. The van der Waals surface area contributed by atoms with Gasteiger partial charge in [0.2, 0.25) is 11.4 Å². The van der Waals surface area contributed by atoms with Gasteiger partial charge in [0, 0.05) is 149 Å². The number of guanidine groups is 2. The molecule has 2 aromatic carbocycles. The number of nitrogens with two attached hydrogens (primary N) is 7. The highest BCUT2D eigenvalue weighted by atomic mass is 16.7. The van der Waals surface area contributed by atoms with Crippen LogP contribution in [0.2, 0.25) is 0 Å². The van der Waals surface area contributed by atoms with Crippen LogP contribution < -0.4 is 66.4 Å². The standard InChI is InChI=1S/C42H56N4O12.C21H39N7O12.C10H24N2O2.C6H7N3O.C5H5N3O/c1-21-11-10-12-22(2)41(54)44-34-27(20-43-46-16-14-45(8)15-17-46)37(51)33-31(38(34)52)28(48)19-30-32(33)40(53)42(7,58-30)56-18-13-29(55-9)23(3)39(57-26(6)47)25(5)36(50)24(4)35(21)49;1-20(36)21(37,4-30)16(39-17-8(22)13(33)12(32)7(3-29)38-17)6(40-20)2-5-9(27-18(23)24)14(34)10(28-19(25)26)15(35)11(5)31;1-3-9(7-13)11-5-6-12-10(4-2)8-14;7-9-6(10)5-1-3-8-4-2-5;6-5(9)4-3-7-1-2-8-4/h10-13,18-21,23-25,29,35-36,39,48-52H,14-17H2,1-9H3,(H,44,54);4-17,29,31-37H,2-3,22H2,1H3,(H4,23,24,27)(H4,25,26,28);9-14H,3-8H2,1-2H3;1-4H,7H2,(H,9,10);1-3H,(H2,6,9)/b11-10+,18-13+,22-12-,43-20?;;;;/t21-,23-,24+,25+,29+,35-,36+,39+,42-;5-,6+,7-,8?,9?,10?,11+,12?,13+,14+,15?,16?,17?,20+,21+;;;/m01.../s1. The second-order valence-electron chi connectivity index (χ2n) is 32.7. The van der Waals surface area contributed by atoms with E-state index in [-0.39, 0.29) is 82.1 Å². The average Bonchev–Trinajstić information content (AvgIpc) is 1.61. The van der Waals surface area contributed by atoms with E-state index in [1.807, 2.05) is 26.3 Å². The molecule has 730 valence electrons. The van der Waals surface area contributed by atoms with Gasteiger partial charge in [0.05, 0.1) is 103 Å². The number of aliphatic hydroxyl groups is 12. The van der Waals surface area contributed by atoms with Crippen LogP contribution in [0.1, 0.15) is 125 Å². The number of aliphatic imine (C=N–C) groups is 2. The molecule has 6 aliphatic heterocycles. The number of fused-ring (bicyclic) bond motifs is 14. The van der Waals surface area contributed by atoms with Crippen LogP contribution in [0.25, 0.3) is 10.8 Å². The number of aldehydes is 1. The predicted molar refractivity (Wildman–Crippen MR) is 473 cm³/mol. The fourth-order valence-electron chi connectivity index (χ4n) is 15.4. The van der Waals surface area contributed by atoms with E-state index in [0.717, 1.165) is 52.0 Å². The van der Waals surface area contributed by atoms with Crippen molar-refractivity contribution in [1.82, 2.24) is 40.9 Å². The summed E-state index contributed by atoms with van der Waals surface area (Å²) in [5.74, 6) is -9.31. The number of phenols is 3. The van der Waals surface area contributed by atoms with E-state index in [4.69, 9.17) is 83.6 Å². The lowest BCUT2D eigenvalue weighted by molar-refractivity contribution is -0.294. The third-order valence-corrected chi connectivity index (χ3v) is 23.5. The number of hydrogen-bond donors (Lipinski definition) is 26. The molecule has 11 rings (SSSR count). The van der Waals surface area contributed by atoms with Crippen molar-refractivity contribution in [2.75, 3.05) is 78.6 Å². The number of ketones is 1. The maximum atomic E-state index is 14.3. The number of aromatic nitrogens is 3. The Balaban J connectivity index is 0.000000307. The van der Waals surface area contributed by atoms with Crippen molar-refractivity contribution in [1.29, 1.82) is 0 Å². The molecular formula is C84H131N19O28. The van der Waals surface area contributed by atoms with Crippen LogP contribution in [0.5, 0.6) is 23.0 Å². The summed E-state index contributed by atoms with van der Waals surface area (Å²) >= 11 is 0. The number of benzene rings is 2. The number of primary amides is 1. The number of hydrogen-bond acceptors (Lipinski definition) is 40. The Morgan fingerprint density at radius 3 is 1.90 bits per heavy atom. The maximum Gasteiger partial charge on any atom is 0.312 e. The molecule has 2 aromatic heterocycles. The number of aliphatic hydroxyl groups excluding tert-OH is 10. The number of allylic oxidation sites excluding steroid dienone is 2. The molecule has 0 spiro atoms. The molecule has 5 bridgehead atoms. The van der Waals surface area contributed by atoms with Crippen LogP contribution in [0.4, 0.5) is 5.69 Å². The van der Waals surface area contributed by atoms with Crippen LogP contribution in [-0.2, 0) is 42.8 Å². The number of carbonyl (C=O) groups excluding carboxylic acids is 6. The van der Waals surface area contributed by atoms with Gasteiger partial charge in [0.1, 0.15) is 71.7 Å². The molecule has 131 heavy (non-hydrogen) atoms. The lowest BCUT2D eigenvalue weighted by atomic mass is 9.72. The number of rotatable bonds is 23. The number of phenolic OH excluding ortho intramolecular Hbond substituents is 3. The van der Waals surface area contributed by atoms with Gasteiger partial charge in [0.25, 0.3) is 23.5 Å². The van der Waals surface area contributed by atoms with Crippen molar-refractivity contribution in [3.63, 3.8) is 0 Å². The minimum atomic E-state index is -2.79. The Bertz CT molecular complexity index is 4570. The second kappa shape index (κ2) is 49.9. The van der Waals surface area contributed by atoms with Crippen molar-refractivity contribution >= 4 is 70.4 Å². The smallest absolute Gasteiger partial charge is 0.312 e. The first-order valence-corrected chi connectivity index (χ1v) is 42.3. The summed E-state index contributed by atoms with van der Waals surface area (Å²) in [5.41, 5.74) is 32.1. The largest absolute Gasteiger partial charge is 0.507 e. The number of Topliss-reactive ketones (excluding diaryl/α,β-unsaturated/α-hetero) is 1. The molecular weight excluding hydrogens is 1720 g/mol. The summed E-state index contributed by atoms with van der Waals surface area (Å²) in [6.45, 7) is 19.9. The quantitative estimate of drug-likeness (QED) is 0.00315. The molecule has 3 amide bonds. The van der Waals surface area contributed by atoms with E-state index in [9.17, 15) is 95.2 Å². The van der Waals surface area contributed by atoms with Crippen molar-refractivity contribution in [2.45, 2.75) is 215 Å². The number of hydrazone groups is 1. The highest BCUT2D eigenvalue weighted by molar-refractivity contribution is 6.23. The lowest BCUT2D eigenvalue weighted by Gasteiger charge is -2.45. The maximum absolute atomic E-state index is 14.3. The lowest BCUT2D eigenvalue weighted by Crippen LogP contribution is -2.65. The van der Waals surface area contributed by atoms with Crippen LogP contribution in [0.3, 0.4) is 0 Å². The molecule has 3 saturated heterocycles. The average molecular weight is 1860 g/mol. The van der Waals surface area contributed by atoms with Crippen molar-refractivity contribution < 1.29 is 139 Å². The number of amides is 3. The minimum absolute atomic E-state index is 0.0515. The zero-order valence-corrected chi connectivity index (χ0v) is 75.1. The molecule has 4 fully saturated rings. The van der Waals surface area contributed by atoms with Gasteiger partial charge in [-0.2, -0.15) is 5.10 Å². The summed E-state index contributed by atoms with van der Waals surface area (Å²) in [5, 5.41) is 175. The number of likely N-dealkylation sites (N-methyl/N-ethyl adjacent to an activating group) is 1. The van der Waals surface area contributed by atoms with Gasteiger partial charge < -0.3 is 165 Å². The third kappa shape index (κ3) is 27.6. The molecule has 26 atom stereocenters. The van der Waals surface area contributed by atoms with Gasteiger partial charge in [-0.15, -0.1) is 0 Å². The molecule has 47 heteroatoms. The second-order valence-corrected chi connectivity index (χ2v) is 32.7. The summed E-state index contributed by atoms with van der Waals surface area (Å²) < 4.78 is 40.1. The number of pyridine rings is 1. The van der Waals surface area contributed by atoms with E-state index >= 15 is 0 Å². The summed E-state index contributed by atoms with van der Waals surface area (Å²) in [6.07, 6.45) is -1.28. The Labute approximate surface area is 756 Å². The molecule has 4 aromatic rings. The number of hydrazine groups is 1. The van der Waals surface area contributed by atoms with Crippen molar-refractivity contribution in [2.24, 2.45) is 84.9 Å². The van der Waals surface area contributed by atoms with Gasteiger partial charge in [-0.3, -0.25) is 49.2 Å².